The molecule has 0 saturated carbocycles. The number of benzene rings is 3. The predicted molar refractivity (Wildman–Crippen MR) is 130 cm³/mol. The van der Waals surface area contributed by atoms with Crippen LogP contribution in [0, 0.1) is 20.8 Å². The van der Waals surface area contributed by atoms with Crippen molar-refractivity contribution in [2.75, 3.05) is 16.0 Å². The molecule has 6 heteroatoms. The average molecular weight is 424 g/mol. The molecule has 4 aromatic rings. The molecule has 0 unspecified atom stereocenters. The number of carbonyl (C=O) groups excluding carboxylic acids is 1. The van der Waals surface area contributed by atoms with Gasteiger partial charge in [0.15, 0.2) is 0 Å². The number of nitrogens with zero attached hydrogens (tertiary/aromatic N) is 2. The Morgan fingerprint density at radius 3 is 1.84 bits per heavy atom. The van der Waals surface area contributed by atoms with E-state index in [4.69, 9.17) is 0 Å². The van der Waals surface area contributed by atoms with E-state index < -0.39 is 0 Å². The number of amides is 1. The Kier molecular flexibility index (Phi) is 6.12. The van der Waals surface area contributed by atoms with Crippen LogP contribution in [0.3, 0.4) is 0 Å². The highest BCUT2D eigenvalue weighted by Crippen LogP contribution is 2.21. The molecule has 3 N–H and O–H groups in total. The average Bonchev–Trinajstić information content (AvgIpc) is 2.77. The first-order valence-corrected chi connectivity index (χ1v) is 10.4. The van der Waals surface area contributed by atoms with E-state index in [2.05, 4.69) is 45.0 Å². The Balaban J connectivity index is 1.42. The van der Waals surface area contributed by atoms with Gasteiger partial charge < -0.3 is 16.0 Å². The van der Waals surface area contributed by atoms with Gasteiger partial charge in [-0.05, 0) is 69.3 Å². The van der Waals surface area contributed by atoms with Crippen molar-refractivity contribution >= 4 is 34.7 Å². The van der Waals surface area contributed by atoms with Crippen molar-refractivity contribution < 1.29 is 4.79 Å². The van der Waals surface area contributed by atoms with Crippen LogP contribution in [0.25, 0.3) is 0 Å². The molecule has 0 spiro atoms. The second kappa shape index (κ2) is 9.31. The summed E-state index contributed by atoms with van der Waals surface area (Å²) in [7, 11) is 0. The number of hydrogen-bond acceptors (Lipinski definition) is 5. The van der Waals surface area contributed by atoms with Crippen molar-refractivity contribution in [3.8, 4) is 0 Å². The van der Waals surface area contributed by atoms with Crippen LogP contribution in [0.1, 0.15) is 27.2 Å². The van der Waals surface area contributed by atoms with Crippen LogP contribution in [0.15, 0.2) is 78.9 Å². The molecule has 6 nitrogen and oxygen atoms in total. The van der Waals surface area contributed by atoms with Gasteiger partial charge in [0.1, 0.15) is 5.82 Å². The summed E-state index contributed by atoms with van der Waals surface area (Å²) in [6, 6.07) is 25.0. The topological polar surface area (TPSA) is 78.9 Å². The fourth-order valence-corrected chi connectivity index (χ4v) is 3.15. The second-order valence-corrected chi connectivity index (χ2v) is 7.73. The third-order valence-electron chi connectivity index (χ3n) is 4.89. The Labute approximate surface area is 187 Å². The fourth-order valence-electron chi connectivity index (χ4n) is 3.15. The minimum Gasteiger partial charge on any atom is -0.340 e. The molecular weight excluding hydrogens is 398 g/mol. The molecule has 0 atom stereocenters. The second-order valence-electron chi connectivity index (χ2n) is 7.73. The van der Waals surface area contributed by atoms with Gasteiger partial charge in [0, 0.05) is 34.4 Å². The summed E-state index contributed by atoms with van der Waals surface area (Å²) in [5.41, 5.74) is 6.30. The molecule has 0 bridgehead atoms. The van der Waals surface area contributed by atoms with E-state index >= 15 is 0 Å². The van der Waals surface area contributed by atoms with Gasteiger partial charge in [-0.15, -0.1) is 0 Å². The zero-order valence-corrected chi connectivity index (χ0v) is 18.3. The monoisotopic (exact) mass is 423 g/mol. The van der Waals surface area contributed by atoms with Gasteiger partial charge in [-0.3, -0.25) is 4.79 Å². The third kappa shape index (κ3) is 5.49. The van der Waals surface area contributed by atoms with Crippen LogP contribution in [0.4, 0.5) is 28.8 Å². The van der Waals surface area contributed by atoms with Crippen molar-refractivity contribution in [2.24, 2.45) is 0 Å². The molecule has 0 aliphatic heterocycles. The standard InChI is InChI=1S/C26H25N5O/c1-17-4-8-20(9-5-17)25(32)29-22-12-14-23(15-13-22)30-26-27-19(3)16-24(31-26)28-21-10-6-18(2)7-11-21/h4-16H,1-3H3,(H,29,32)(H2,27,28,30,31). The van der Waals surface area contributed by atoms with E-state index in [1.54, 1.807) is 0 Å². The minimum absolute atomic E-state index is 0.139. The lowest BCUT2D eigenvalue weighted by molar-refractivity contribution is 0.102. The maximum atomic E-state index is 12.4. The quantitative estimate of drug-likeness (QED) is 0.347. The summed E-state index contributed by atoms with van der Waals surface area (Å²) in [6.45, 7) is 5.98. The van der Waals surface area contributed by atoms with Crippen LogP contribution >= 0.6 is 0 Å². The lowest BCUT2D eigenvalue weighted by Crippen LogP contribution is -2.11. The van der Waals surface area contributed by atoms with E-state index in [1.807, 2.05) is 80.6 Å². The molecule has 1 aromatic heterocycles. The highest BCUT2D eigenvalue weighted by molar-refractivity contribution is 6.04. The summed E-state index contributed by atoms with van der Waals surface area (Å²) in [5.74, 6) is 1.07. The summed E-state index contributed by atoms with van der Waals surface area (Å²) in [6.07, 6.45) is 0. The normalized spacial score (nSPS) is 10.5. The third-order valence-corrected chi connectivity index (χ3v) is 4.89. The van der Waals surface area contributed by atoms with Crippen LogP contribution in [-0.4, -0.2) is 15.9 Å². The largest absolute Gasteiger partial charge is 0.340 e. The maximum Gasteiger partial charge on any atom is 0.255 e. The molecule has 1 heterocycles. The first-order valence-electron chi connectivity index (χ1n) is 10.4. The zero-order chi connectivity index (χ0) is 22.5. The minimum atomic E-state index is -0.139. The van der Waals surface area contributed by atoms with Crippen LogP contribution in [0.5, 0.6) is 0 Å². The molecule has 0 saturated heterocycles. The van der Waals surface area contributed by atoms with Gasteiger partial charge in [0.05, 0.1) is 0 Å². The molecule has 1 amide bonds. The van der Waals surface area contributed by atoms with Gasteiger partial charge in [-0.2, -0.15) is 4.98 Å². The SMILES string of the molecule is Cc1ccc(Nc2cc(C)nc(Nc3ccc(NC(=O)c4ccc(C)cc4)cc3)n2)cc1. The molecule has 3 aromatic carbocycles. The maximum absolute atomic E-state index is 12.4. The van der Waals surface area contributed by atoms with E-state index in [0.717, 1.165) is 22.6 Å². The molecule has 160 valence electrons. The molecule has 0 fully saturated rings. The van der Waals surface area contributed by atoms with E-state index in [-0.39, 0.29) is 5.91 Å². The molecule has 4 rings (SSSR count). The van der Waals surface area contributed by atoms with Gasteiger partial charge in [-0.25, -0.2) is 4.98 Å². The van der Waals surface area contributed by atoms with E-state index in [9.17, 15) is 4.79 Å². The number of carbonyl (C=O) groups is 1. The van der Waals surface area contributed by atoms with Gasteiger partial charge in [0.2, 0.25) is 5.95 Å². The molecule has 0 aliphatic carbocycles. The molecule has 32 heavy (non-hydrogen) atoms. The number of aromatic nitrogens is 2. The lowest BCUT2D eigenvalue weighted by Gasteiger charge is -2.11. The molecule has 0 radical (unpaired) electrons. The Morgan fingerprint density at radius 2 is 1.19 bits per heavy atom. The van der Waals surface area contributed by atoms with Crippen molar-refractivity contribution in [1.82, 2.24) is 9.97 Å². The molecular formula is C26H25N5O. The van der Waals surface area contributed by atoms with Crippen LogP contribution < -0.4 is 16.0 Å². The number of hydrogen-bond donors (Lipinski definition) is 3. The highest BCUT2D eigenvalue weighted by atomic mass is 16.1. The van der Waals surface area contributed by atoms with Gasteiger partial charge >= 0.3 is 0 Å². The summed E-state index contributed by atoms with van der Waals surface area (Å²) in [4.78, 5) is 21.4. The summed E-state index contributed by atoms with van der Waals surface area (Å²) >= 11 is 0. The number of nitrogens with one attached hydrogen (secondary N) is 3. The Bertz CT molecular complexity index is 1220. The first kappa shape index (κ1) is 21.1. The smallest absolute Gasteiger partial charge is 0.255 e. The number of rotatable bonds is 6. The van der Waals surface area contributed by atoms with Crippen LogP contribution in [0.2, 0.25) is 0 Å². The lowest BCUT2D eigenvalue weighted by atomic mass is 10.1. The Morgan fingerprint density at radius 1 is 0.656 bits per heavy atom. The zero-order valence-electron chi connectivity index (χ0n) is 18.3. The van der Waals surface area contributed by atoms with Crippen molar-refractivity contribution in [3.63, 3.8) is 0 Å². The number of aryl methyl sites for hydroxylation is 3. The van der Waals surface area contributed by atoms with Crippen molar-refractivity contribution in [1.29, 1.82) is 0 Å². The summed E-state index contributed by atoms with van der Waals surface area (Å²) < 4.78 is 0. The van der Waals surface area contributed by atoms with Gasteiger partial charge in [-0.1, -0.05) is 35.4 Å². The summed E-state index contributed by atoms with van der Waals surface area (Å²) in [5, 5.41) is 9.44. The number of anilines is 5. The fraction of sp³-hybridized carbons (Fsp3) is 0.115. The van der Waals surface area contributed by atoms with E-state index in [1.165, 1.54) is 5.56 Å². The van der Waals surface area contributed by atoms with E-state index in [0.29, 0.717) is 23.0 Å². The predicted octanol–water partition coefficient (Wildman–Crippen LogP) is 6.14. The molecule has 0 aliphatic rings. The van der Waals surface area contributed by atoms with Crippen molar-refractivity contribution in [2.45, 2.75) is 20.8 Å². The Hall–Kier alpha value is -4.19. The highest BCUT2D eigenvalue weighted by Gasteiger charge is 2.07. The van der Waals surface area contributed by atoms with Crippen molar-refractivity contribution in [3.05, 3.63) is 101 Å². The van der Waals surface area contributed by atoms with Gasteiger partial charge in [0.25, 0.3) is 5.91 Å². The van der Waals surface area contributed by atoms with Crippen LogP contribution in [-0.2, 0) is 0 Å². The first-order chi connectivity index (χ1) is 15.4.